The van der Waals surface area contributed by atoms with Gasteiger partial charge in [-0.25, -0.2) is 0 Å². The molecule has 1 amide bonds. The molecule has 0 saturated carbocycles. The summed E-state index contributed by atoms with van der Waals surface area (Å²) >= 11 is 0. The molecule has 1 N–H and O–H groups in total. The van der Waals surface area contributed by atoms with E-state index in [9.17, 15) is 9.59 Å². The predicted octanol–water partition coefficient (Wildman–Crippen LogP) is 0.775. The number of carboxylic acid groups (broad SMARTS) is 1. The van der Waals surface area contributed by atoms with Crippen LogP contribution in [-0.4, -0.2) is 49.9 Å². The minimum Gasteiger partial charge on any atom is -0.481 e. The van der Waals surface area contributed by atoms with Crippen LogP contribution in [-0.2, 0) is 11.3 Å². The van der Waals surface area contributed by atoms with Gasteiger partial charge in [-0.3, -0.25) is 14.3 Å². The molecule has 2 aromatic heterocycles. The Hall–Kier alpha value is -2.64. The summed E-state index contributed by atoms with van der Waals surface area (Å²) in [5, 5.41) is 16.9. The van der Waals surface area contributed by atoms with Crippen molar-refractivity contribution in [3.63, 3.8) is 0 Å². The SMILES string of the molecule is Cc1cnn(Cc2cc(C(=O)N3CCC(C(=O)O)C3)no2)c1. The first-order valence-electron chi connectivity index (χ1n) is 6.99. The molecular formula is C14H16N4O4. The Bertz CT molecular complexity index is 705. The van der Waals surface area contributed by atoms with Crippen LogP contribution >= 0.6 is 0 Å². The van der Waals surface area contributed by atoms with Crippen molar-refractivity contribution in [3.05, 3.63) is 35.5 Å². The number of nitrogens with zero attached hydrogens (tertiary/aromatic N) is 4. The molecule has 3 heterocycles. The van der Waals surface area contributed by atoms with Gasteiger partial charge in [0.2, 0.25) is 0 Å². The Kier molecular flexibility index (Phi) is 3.66. The molecule has 0 spiro atoms. The molecule has 1 aliphatic rings. The Balaban J connectivity index is 1.66. The van der Waals surface area contributed by atoms with Crippen LogP contribution < -0.4 is 0 Å². The van der Waals surface area contributed by atoms with Gasteiger partial charge < -0.3 is 14.5 Å². The van der Waals surface area contributed by atoms with E-state index in [4.69, 9.17) is 9.63 Å². The first kappa shape index (κ1) is 14.3. The van der Waals surface area contributed by atoms with Gasteiger partial charge >= 0.3 is 5.97 Å². The van der Waals surface area contributed by atoms with E-state index in [1.807, 2.05) is 13.1 Å². The fourth-order valence-electron chi connectivity index (χ4n) is 2.51. The van der Waals surface area contributed by atoms with Gasteiger partial charge in [-0.2, -0.15) is 5.10 Å². The fourth-order valence-corrected chi connectivity index (χ4v) is 2.51. The van der Waals surface area contributed by atoms with Crippen molar-refractivity contribution in [1.29, 1.82) is 0 Å². The van der Waals surface area contributed by atoms with E-state index in [2.05, 4.69) is 10.3 Å². The molecule has 0 aliphatic carbocycles. The summed E-state index contributed by atoms with van der Waals surface area (Å²) in [5.74, 6) is -1.14. The summed E-state index contributed by atoms with van der Waals surface area (Å²) in [5.41, 5.74) is 1.23. The third-order valence-corrected chi connectivity index (χ3v) is 3.68. The summed E-state index contributed by atoms with van der Waals surface area (Å²) in [6.45, 7) is 2.97. The second-order valence-corrected chi connectivity index (χ2v) is 5.47. The van der Waals surface area contributed by atoms with Gasteiger partial charge in [-0.15, -0.1) is 0 Å². The van der Waals surface area contributed by atoms with Crippen LogP contribution in [0.3, 0.4) is 0 Å². The first-order chi connectivity index (χ1) is 10.5. The quantitative estimate of drug-likeness (QED) is 0.895. The number of aryl methyl sites for hydroxylation is 1. The topological polar surface area (TPSA) is 101 Å². The highest BCUT2D eigenvalue weighted by atomic mass is 16.5. The van der Waals surface area contributed by atoms with Crippen LogP contribution in [0.2, 0.25) is 0 Å². The third kappa shape index (κ3) is 2.85. The third-order valence-electron chi connectivity index (χ3n) is 3.68. The fraction of sp³-hybridized carbons (Fsp3) is 0.429. The van der Waals surface area contributed by atoms with Gasteiger partial charge in [0.25, 0.3) is 5.91 Å². The Labute approximate surface area is 126 Å². The average molecular weight is 304 g/mol. The lowest BCUT2D eigenvalue weighted by atomic mass is 10.1. The van der Waals surface area contributed by atoms with E-state index in [1.54, 1.807) is 16.9 Å². The lowest BCUT2D eigenvalue weighted by molar-refractivity contribution is -0.141. The molecule has 1 saturated heterocycles. The van der Waals surface area contributed by atoms with E-state index in [0.29, 0.717) is 25.3 Å². The molecule has 1 aliphatic heterocycles. The second kappa shape index (κ2) is 5.63. The second-order valence-electron chi connectivity index (χ2n) is 5.47. The molecule has 116 valence electrons. The number of likely N-dealkylation sites (tertiary alicyclic amines) is 1. The van der Waals surface area contributed by atoms with Crippen molar-refractivity contribution in [3.8, 4) is 0 Å². The largest absolute Gasteiger partial charge is 0.481 e. The molecule has 1 unspecified atom stereocenters. The van der Waals surface area contributed by atoms with Crippen LogP contribution in [0.25, 0.3) is 0 Å². The lowest BCUT2D eigenvalue weighted by Gasteiger charge is -2.13. The van der Waals surface area contributed by atoms with Crippen molar-refractivity contribution >= 4 is 11.9 Å². The van der Waals surface area contributed by atoms with E-state index in [1.165, 1.54) is 4.90 Å². The van der Waals surface area contributed by atoms with Gasteiger partial charge in [0.15, 0.2) is 11.5 Å². The molecule has 8 heteroatoms. The molecule has 3 rings (SSSR count). The van der Waals surface area contributed by atoms with E-state index in [-0.39, 0.29) is 18.1 Å². The Morgan fingerprint density at radius 3 is 2.95 bits per heavy atom. The number of carbonyl (C=O) groups excluding carboxylic acids is 1. The van der Waals surface area contributed by atoms with Crippen molar-refractivity contribution in [2.24, 2.45) is 5.92 Å². The summed E-state index contributed by atoms with van der Waals surface area (Å²) in [7, 11) is 0. The minimum absolute atomic E-state index is 0.199. The molecule has 1 atom stereocenters. The number of carbonyl (C=O) groups is 2. The highest BCUT2D eigenvalue weighted by Crippen LogP contribution is 2.19. The summed E-state index contributed by atoms with van der Waals surface area (Å²) < 4.78 is 6.85. The van der Waals surface area contributed by atoms with E-state index < -0.39 is 11.9 Å². The molecule has 2 aromatic rings. The Morgan fingerprint density at radius 2 is 2.32 bits per heavy atom. The zero-order valence-electron chi connectivity index (χ0n) is 12.1. The first-order valence-corrected chi connectivity index (χ1v) is 6.99. The number of amides is 1. The summed E-state index contributed by atoms with van der Waals surface area (Å²) in [6, 6.07) is 1.58. The van der Waals surface area contributed by atoms with Crippen LogP contribution in [0.15, 0.2) is 23.0 Å². The van der Waals surface area contributed by atoms with Gasteiger partial charge in [-0.05, 0) is 18.9 Å². The van der Waals surface area contributed by atoms with Gasteiger partial charge in [0, 0.05) is 25.4 Å². The van der Waals surface area contributed by atoms with Crippen LogP contribution in [0, 0.1) is 12.8 Å². The van der Waals surface area contributed by atoms with Crippen molar-refractivity contribution in [2.75, 3.05) is 13.1 Å². The number of hydrogen-bond donors (Lipinski definition) is 1. The van der Waals surface area contributed by atoms with Crippen LogP contribution in [0.4, 0.5) is 0 Å². The highest BCUT2D eigenvalue weighted by Gasteiger charge is 2.32. The maximum absolute atomic E-state index is 12.3. The maximum atomic E-state index is 12.3. The van der Waals surface area contributed by atoms with Crippen LogP contribution in [0.1, 0.15) is 28.2 Å². The lowest BCUT2D eigenvalue weighted by Crippen LogP contribution is -2.30. The summed E-state index contributed by atoms with van der Waals surface area (Å²) in [6.07, 6.45) is 4.07. The zero-order chi connectivity index (χ0) is 15.7. The van der Waals surface area contributed by atoms with Crippen molar-refractivity contribution in [1.82, 2.24) is 19.8 Å². The Morgan fingerprint density at radius 1 is 1.50 bits per heavy atom. The number of aromatic nitrogens is 3. The van der Waals surface area contributed by atoms with E-state index in [0.717, 1.165) is 5.56 Å². The molecule has 0 radical (unpaired) electrons. The standard InChI is InChI=1S/C14H16N4O4/c1-9-5-15-18(6-9)8-11-4-12(16-22-11)13(19)17-3-2-10(7-17)14(20)21/h4-6,10H,2-3,7-8H2,1H3,(H,20,21). The number of rotatable bonds is 4. The molecule has 8 nitrogen and oxygen atoms in total. The van der Waals surface area contributed by atoms with E-state index >= 15 is 0 Å². The number of aliphatic carboxylic acids is 1. The monoisotopic (exact) mass is 304 g/mol. The van der Waals surface area contributed by atoms with Gasteiger partial charge in [0.05, 0.1) is 12.1 Å². The van der Waals surface area contributed by atoms with Gasteiger partial charge in [0.1, 0.15) is 6.54 Å². The van der Waals surface area contributed by atoms with Crippen LogP contribution in [0.5, 0.6) is 0 Å². The molecule has 0 bridgehead atoms. The summed E-state index contributed by atoms with van der Waals surface area (Å²) in [4.78, 5) is 24.7. The number of hydrogen-bond acceptors (Lipinski definition) is 5. The zero-order valence-corrected chi connectivity index (χ0v) is 12.1. The molecule has 1 fully saturated rings. The normalized spacial score (nSPS) is 17.9. The molecule has 22 heavy (non-hydrogen) atoms. The van der Waals surface area contributed by atoms with Crippen molar-refractivity contribution < 1.29 is 19.2 Å². The minimum atomic E-state index is -0.870. The molecular weight excluding hydrogens is 288 g/mol. The number of carboxylic acids is 1. The smallest absolute Gasteiger partial charge is 0.308 e. The average Bonchev–Trinajstić information content (AvgIpc) is 3.19. The molecule has 0 aromatic carbocycles. The maximum Gasteiger partial charge on any atom is 0.308 e. The van der Waals surface area contributed by atoms with Gasteiger partial charge in [-0.1, -0.05) is 5.16 Å². The highest BCUT2D eigenvalue weighted by molar-refractivity contribution is 5.92. The van der Waals surface area contributed by atoms with Crippen molar-refractivity contribution in [2.45, 2.75) is 19.9 Å². The predicted molar refractivity (Wildman–Crippen MR) is 74.2 cm³/mol.